The molecule has 19 heavy (non-hydrogen) atoms. The average molecular weight is 253 g/mol. The summed E-state index contributed by atoms with van der Waals surface area (Å²) in [4.78, 5) is 4.14. The SMILES string of the molecule is CCc1ccc(Oc2ccn3ncnc3c2)c(C)c1. The third kappa shape index (κ3) is 2.29. The lowest BCUT2D eigenvalue weighted by Crippen LogP contribution is -1.92. The Morgan fingerprint density at radius 1 is 1.21 bits per heavy atom. The largest absolute Gasteiger partial charge is 0.457 e. The van der Waals surface area contributed by atoms with Crippen molar-refractivity contribution in [1.29, 1.82) is 0 Å². The zero-order chi connectivity index (χ0) is 13.2. The second-order valence-electron chi connectivity index (χ2n) is 4.48. The van der Waals surface area contributed by atoms with Crippen LogP contribution in [-0.2, 0) is 6.42 Å². The van der Waals surface area contributed by atoms with E-state index in [4.69, 9.17) is 4.74 Å². The van der Waals surface area contributed by atoms with E-state index >= 15 is 0 Å². The molecule has 0 amide bonds. The van der Waals surface area contributed by atoms with Gasteiger partial charge in [0, 0.05) is 12.3 Å². The van der Waals surface area contributed by atoms with Crippen LogP contribution in [0.15, 0.2) is 42.9 Å². The van der Waals surface area contributed by atoms with E-state index in [1.54, 1.807) is 4.52 Å². The first-order valence-electron chi connectivity index (χ1n) is 6.33. The molecule has 4 heteroatoms. The summed E-state index contributed by atoms with van der Waals surface area (Å²) in [5, 5.41) is 4.06. The second-order valence-corrected chi connectivity index (χ2v) is 4.48. The van der Waals surface area contributed by atoms with Gasteiger partial charge in [-0.25, -0.2) is 9.50 Å². The molecule has 0 fully saturated rings. The molecule has 0 aliphatic carbocycles. The van der Waals surface area contributed by atoms with Crippen LogP contribution in [-0.4, -0.2) is 14.6 Å². The van der Waals surface area contributed by atoms with Gasteiger partial charge in [0.05, 0.1) is 0 Å². The number of fused-ring (bicyclic) bond motifs is 1. The number of aromatic nitrogens is 3. The van der Waals surface area contributed by atoms with E-state index < -0.39 is 0 Å². The highest BCUT2D eigenvalue weighted by Gasteiger charge is 2.04. The van der Waals surface area contributed by atoms with E-state index in [1.807, 2.05) is 24.4 Å². The summed E-state index contributed by atoms with van der Waals surface area (Å²) in [6.45, 7) is 4.21. The van der Waals surface area contributed by atoms with Gasteiger partial charge in [-0.2, -0.15) is 5.10 Å². The van der Waals surface area contributed by atoms with Crippen molar-refractivity contribution in [1.82, 2.24) is 14.6 Å². The van der Waals surface area contributed by atoms with Crippen molar-refractivity contribution < 1.29 is 4.74 Å². The third-order valence-electron chi connectivity index (χ3n) is 3.13. The van der Waals surface area contributed by atoms with Crippen LogP contribution in [0.3, 0.4) is 0 Å². The molecule has 0 unspecified atom stereocenters. The number of hydrogen-bond donors (Lipinski definition) is 0. The summed E-state index contributed by atoms with van der Waals surface area (Å²) in [6.07, 6.45) is 4.40. The fraction of sp³-hybridized carbons (Fsp3) is 0.200. The highest BCUT2D eigenvalue weighted by atomic mass is 16.5. The Balaban J connectivity index is 1.91. The lowest BCUT2D eigenvalue weighted by atomic mass is 10.1. The van der Waals surface area contributed by atoms with Gasteiger partial charge in [0.1, 0.15) is 17.8 Å². The predicted octanol–water partition coefficient (Wildman–Crippen LogP) is 3.39. The Bertz CT molecular complexity index is 718. The van der Waals surface area contributed by atoms with Crippen LogP contribution >= 0.6 is 0 Å². The second kappa shape index (κ2) is 4.72. The lowest BCUT2D eigenvalue weighted by Gasteiger charge is -2.09. The van der Waals surface area contributed by atoms with E-state index in [1.165, 1.54) is 11.9 Å². The molecule has 3 aromatic rings. The minimum absolute atomic E-state index is 0.771. The van der Waals surface area contributed by atoms with Crippen molar-refractivity contribution in [3.63, 3.8) is 0 Å². The Labute approximate surface area is 111 Å². The molecule has 1 aromatic carbocycles. The van der Waals surface area contributed by atoms with Gasteiger partial charge >= 0.3 is 0 Å². The highest BCUT2D eigenvalue weighted by Crippen LogP contribution is 2.26. The molecule has 2 aromatic heterocycles. The summed E-state index contributed by atoms with van der Waals surface area (Å²) in [5.74, 6) is 1.65. The molecular weight excluding hydrogens is 238 g/mol. The molecule has 4 nitrogen and oxygen atoms in total. The number of benzene rings is 1. The number of nitrogens with zero attached hydrogens (tertiary/aromatic N) is 3. The Morgan fingerprint density at radius 3 is 2.89 bits per heavy atom. The maximum atomic E-state index is 5.91. The molecule has 0 saturated heterocycles. The molecule has 3 rings (SSSR count). The fourth-order valence-corrected chi connectivity index (χ4v) is 2.03. The van der Waals surface area contributed by atoms with Gasteiger partial charge < -0.3 is 4.74 Å². The normalized spacial score (nSPS) is 10.8. The first kappa shape index (κ1) is 11.7. The molecule has 0 aliphatic rings. The standard InChI is InChI=1S/C15H15N3O/c1-3-12-4-5-14(11(2)8-12)19-13-6-7-18-15(9-13)16-10-17-18/h4-10H,3H2,1-2H3. The number of ether oxygens (including phenoxy) is 1. The molecule has 96 valence electrons. The Kier molecular flexibility index (Phi) is 2.91. The van der Waals surface area contributed by atoms with Crippen LogP contribution < -0.4 is 4.74 Å². The van der Waals surface area contributed by atoms with Crippen LogP contribution in [0.4, 0.5) is 0 Å². The first-order chi connectivity index (χ1) is 9.26. The van der Waals surface area contributed by atoms with Crippen LogP contribution in [0.1, 0.15) is 18.1 Å². The van der Waals surface area contributed by atoms with Crippen LogP contribution in [0, 0.1) is 6.92 Å². The van der Waals surface area contributed by atoms with E-state index in [9.17, 15) is 0 Å². The minimum atomic E-state index is 0.771. The zero-order valence-corrected chi connectivity index (χ0v) is 11.0. The van der Waals surface area contributed by atoms with Crippen molar-refractivity contribution in [3.8, 4) is 11.5 Å². The molecule has 0 N–H and O–H groups in total. The summed E-state index contributed by atoms with van der Waals surface area (Å²) in [6, 6.07) is 10.0. The van der Waals surface area contributed by atoms with E-state index in [2.05, 4.69) is 36.1 Å². The smallest absolute Gasteiger partial charge is 0.158 e. The topological polar surface area (TPSA) is 39.4 Å². The Morgan fingerprint density at radius 2 is 2.11 bits per heavy atom. The molecule has 0 radical (unpaired) electrons. The number of aryl methyl sites for hydroxylation is 2. The van der Waals surface area contributed by atoms with Crippen molar-refractivity contribution >= 4 is 5.65 Å². The van der Waals surface area contributed by atoms with Crippen molar-refractivity contribution in [2.75, 3.05) is 0 Å². The maximum absolute atomic E-state index is 5.91. The van der Waals surface area contributed by atoms with E-state index in [0.29, 0.717) is 0 Å². The third-order valence-corrected chi connectivity index (χ3v) is 3.13. The minimum Gasteiger partial charge on any atom is -0.457 e. The summed E-state index contributed by atoms with van der Waals surface area (Å²) in [5.41, 5.74) is 3.23. The zero-order valence-electron chi connectivity index (χ0n) is 11.0. The van der Waals surface area contributed by atoms with Crippen LogP contribution in [0.5, 0.6) is 11.5 Å². The van der Waals surface area contributed by atoms with Gasteiger partial charge in [-0.15, -0.1) is 0 Å². The summed E-state index contributed by atoms with van der Waals surface area (Å²) in [7, 11) is 0. The molecule has 2 heterocycles. The van der Waals surface area contributed by atoms with Gasteiger partial charge in [0.25, 0.3) is 0 Å². The first-order valence-corrected chi connectivity index (χ1v) is 6.33. The molecule has 0 spiro atoms. The summed E-state index contributed by atoms with van der Waals surface area (Å²) < 4.78 is 7.61. The quantitative estimate of drug-likeness (QED) is 0.718. The van der Waals surface area contributed by atoms with Gasteiger partial charge in [-0.05, 0) is 36.6 Å². The molecular formula is C15H15N3O. The van der Waals surface area contributed by atoms with E-state index in [-0.39, 0.29) is 0 Å². The van der Waals surface area contributed by atoms with Gasteiger partial charge in [0.2, 0.25) is 0 Å². The van der Waals surface area contributed by atoms with Crippen LogP contribution in [0.25, 0.3) is 5.65 Å². The maximum Gasteiger partial charge on any atom is 0.158 e. The number of rotatable bonds is 3. The monoisotopic (exact) mass is 253 g/mol. The molecule has 0 saturated carbocycles. The summed E-state index contributed by atoms with van der Waals surface area (Å²) >= 11 is 0. The van der Waals surface area contributed by atoms with Gasteiger partial charge in [0.15, 0.2) is 5.65 Å². The van der Waals surface area contributed by atoms with Crippen molar-refractivity contribution in [2.45, 2.75) is 20.3 Å². The number of pyridine rings is 1. The van der Waals surface area contributed by atoms with Crippen molar-refractivity contribution in [2.24, 2.45) is 0 Å². The Hall–Kier alpha value is -2.36. The van der Waals surface area contributed by atoms with Crippen molar-refractivity contribution in [3.05, 3.63) is 54.0 Å². The fourth-order valence-electron chi connectivity index (χ4n) is 2.03. The average Bonchev–Trinajstić information content (AvgIpc) is 2.88. The molecule has 0 bridgehead atoms. The predicted molar refractivity (Wildman–Crippen MR) is 73.6 cm³/mol. The van der Waals surface area contributed by atoms with E-state index in [0.717, 1.165) is 29.1 Å². The molecule has 0 atom stereocenters. The highest BCUT2D eigenvalue weighted by molar-refractivity contribution is 5.45. The van der Waals surface area contributed by atoms with Gasteiger partial charge in [-0.1, -0.05) is 19.1 Å². The molecule has 0 aliphatic heterocycles. The number of hydrogen-bond acceptors (Lipinski definition) is 3. The van der Waals surface area contributed by atoms with Crippen LogP contribution in [0.2, 0.25) is 0 Å². The lowest BCUT2D eigenvalue weighted by molar-refractivity contribution is 0.478. The van der Waals surface area contributed by atoms with Gasteiger partial charge in [-0.3, -0.25) is 0 Å².